The molecule has 3 nitrogen and oxygen atoms in total. The first-order valence-electron chi connectivity index (χ1n) is 6.56. The Morgan fingerprint density at radius 2 is 1.21 bits per heavy atom. The average molecular weight is 365 g/mol. The normalized spacial score (nSPS) is 11.6. The van der Waals surface area contributed by atoms with Gasteiger partial charge in [-0.3, -0.25) is 0 Å². The second kappa shape index (κ2) is 6.39. The highest BCUT2D eigenvalue weighted by atomic mass is 32.2. The maximum atomic E-state index is 13.7. The van der Waals surface area contributed by atoms with Crippen LogP contribution >= 0.6 is 0 Å². The maximum absolute atomic E-state index is 13.7. The minimum Gasteiger partial charge on any atom is -0.378 e. The molecule has 2 aromatic rings. The molecule has 0 spiro atoms. The number of halogens is 5. The molecule has 2 aromatic carbocycles. The van der Waals surface area contributed by atoms with Crippen LogP contribution in [0.1, 0.15) is 5.56 Å². The Bertz CT molecular complexity index is 851. The second-order valence-electron chi connectivity index (χ2n) is 5.22. The van der Waals surface area contributed by atoms with E-state index in [0.29, 0.717) is 0 Å². The molecule has 0 radical (unpaired) electrons. The quantitative estimate of drug-likeness (QED) is 0.361. The van der Waals surface area contributed by atoms with Crippen LogP contribution in [0.4, 0.5) is 27.6 Å². The molecule has 0 bridgehead atoms. The fourth-order valence-corrected chi connectivity index (χ4v) is 3.54. The summed E-state index contributed by atoms with van der Waals surface area (Å²) >= 11 is 0. The van der Waals surface area contributed by atoms with Gasteiger partial charge in [-0.05, 0) is 17.7 Å². The summed E-state index contributed by atoms with van der Waals surface area (Å²) in [6.07, 6.45) is 0. The van der Waals surface area contributed by atoms with Crippen molar-refractivity contribution in [3.8, 4) is 0 Å². The third-order valence-electron chi connectivity index (χ3n) is 3.29. The Morgan fingerprint density at radius 3 is 1.62 bits per heavy atom. The van der Waals surface area contributed by atoms with Gasteiger partial charge >= 0.3 is 0 Å². The summed E-state index contributed by atoms with van der Waals surface area (Å²) in [4.78, 5) is -0.0851. The Hall–Kier alpha value is -2.16. The summed E-state index contributed by atoms with van der Waals surface area (Å²) in [5.74, 6) is -12.6. The Balaban J connectivity index is 2.48. The SMILES string of the molecule is CN(C)c1ccc(CS(=O)(=O)c2c(F)c(F)c(F)c(F)c2F)cc1. The zero-order valence-electron chi connectivity index (χ0n) is 12.6. The monoisotopic (exact) mass is 365 g/mol. The molecule has 0 amide bonds. The highest BCUT2D eigenvalue weighted by Gasteiger charge is 2.33. The van der Waals surface area contributed by atoms with Gasteiger partial charge in [0.05, 0.1) is 5.75 Å². The van der Waals surface area contributed by atoms with Crippen LogP contribution in [0.5, 0.6) is 0 Å². The van der Waals surface area contributed by atoms with E-state index in [1.807, 2.05) is 0 Å². The molecule has 0 aliphatic heterocycles. The van der Waals surface area contributed by atoms with Gasteiger partial charge in [-0.2, -0.15) is 0 Å². The van der Waals surface area contributed by atoms with Crippen LogP contribution in [0.15, 0.2) is 29.2 Å². The Labute approximate surface area is 135 Å². The first-order chi connectivity index (χ1) is 11.1. The summed E-state index contributed by atoms with van der Waals surface area (Å²) in [5, 5.41) is 0. The lowest BCUT2D eigenvalue weighted by molar-refractivity contribution is 0.357. The maximum Gasteiger partial charge on any atom is 0.200 e. The molecule has 0 unspecified atom stereocenters. The molecular formula is C15H12F5NO2S. The molecule has 0 heterocycles. The van der Waals surface area contributed by atoms with Gasteiger partial charge in [0.1, 0.15) is 4.90 Å². The van der Waals surface area contributed by atoms with Crippen molar-refractivity contribution < 1.29 is 30.4 Å². The summed E-state index contributed by atoms with van der Waals surface area (Å²) in [6, 6.07) is 5.89. The van der Waals surface area contributed by atoms with Crippen molar-refractivity contribution in [1.29, 1.82) is 0 Å². The van der Waals surface area contributed by atoms with Crippen molar-refractivity contribution in [2.75, 3.05) is 19.0 Å². The molecule has 0 aliphatic carbocycles. The number of rotatable bonds is 4. The van der Waals surface area contributed by atoms with E-state index in [-0.39, 0.29) is 5.56 Å². The smallest absolute Gasteiger partial charge is 0.200 e. The van der Waals surface area contributed by atoms with Gasteiger partial charge in [-0.1, -0.05) is 12.1 Å². The van der Waals surface area contributed by atoms with Gasteiger partial charge in [-0.15, -0.1) is 0 Å². The Kier molecular flexibility index (Phi) is 4.84. The Morgan fingerprint density at radius 1 is 0.792 bits per heavy atom. The topological polar surface area (TPSA) is 37.4 Å². The fourth-order valence-electron chi connectivity index (χ4n) is 2.04. The molecule has 0 atom stereocenters. The molecule has 24 heavy (non-hydrogen) atoms. The molecule has 2 rings (SSSR count). The lowest BCUT2D eigenvalue weighted by atomic mass is 10.2. The van der Waals surface area contributed by atoms with Crippen molar-refractivity contribution in [2.24, 2.45) is 0 Å². The molecular weight excluding hydrogens is 353 g/mol. The number of hydrogen-bond acceptors (Lipinski definition) is 3. The first kappa shape index (κ1) is 18.2. The minimum atomic E-state index is -4.78. The zero-order valence-corrected chi connectivity index (χ0v) is 13.4. The number of sulfone groups is 1. The van der Waals surface area contributed by atoms with Crippen molar-refractivity contribution in [1.82, 2.24) is 0 Å². The van der Waals surface area contributed by atoms with Crippen LogP contribution in [-0.2, 0) is 15.6 Å². The van der Waals surface area contributed by atoms with Crippen LogP contribution in [0.3, 0.4) is 0 Å². The van der Waals surface area contributed by atoms with Crippen LogP contribution in [-0.4, -0.2) is 22.5 Å². The molecule has 130 valence electrons. The predicted octanol–water partition coefficient (Wildman–Crippen LogP) is 3.42. The van der Waals surface area contributed by atoms with Crippen molar-refractivity contribution in [3.63, 3.8) is 0 Å². The van der Waals surface area contributed by atoms with Crippen molar-refractivity contribution in [3.05, 3.63) is 58.9 Å². The van der Waals surface area contributed by atoms with Crippen molar-refractivity contribution >= 4 is 15.5 Å². The van der Waals surface area contributed by atoms with Gasteiger partial charge in [0.25, 0.3) is 0 Å². The van der Waals surface area contributed by atoms with Crippen LogP contribution in [0.2, 0.25) is 0 Å². The van der Waals surface area contributed by atoms with E-state index in [9.17, 15) is 30.4 Å². The van der Waals surface area contributed by atoms with E-state index < -0.39 is 49.6 Å². The molecule has 0 aliphatic rings. The average Bonchev–Trinajstić information content (AvgIpc) is 2.51. The number of anilines is 1. The number of benzene rings is 2. The first-order valence-corrected chi connectivity index (χ1v) is 8.22. The van der Waals surface area contributed by atoms with Gasteiger partial charge in [0, 0.05) is 19.8 Å². The molecule has 0 saturated carbocycles. The lowest BCUT2D eigenvalue weighted by Gasteiger charge is -2.13. The predicted molar refractivity (Wildman–Crippen MR) is 77.9 cm³/mol. The summed E-state index contributed by atoms with van der Waals surface area (Å²) < 4.78 is 91.0. The van der Waals surface area contributed by atoms with Gasteiger partial charge in [-0.25, -0.2) is 30.4 Å². The van der Waals surface area contributed by atoms with Crippen LogP contribution < -0.4 is 4.90 Å². The van der Waals surface area contributed by atoms with Crippen molar-refractivity contribution in [2.45, 2.75) is 10.6 Å². The molecule has 0 aromatic heterocycles. The second-order valence-corrected chi connectivity index (χ2v) is 7.15. The standard InChI is InChI=1S/C15H12F5NO2S/c1-21(2)9-5-3-8(4-6-9)7-24(22,23)15-13(19)11(17)10(16)12(18)14(15)20/h3-6H,7H2,1-2H3. The number of nitrogens with zero attached hydrogens (tertiary/aromatic N) is 1. The molecule has 9 heteroatoms. The van der Waals surface area contributed by atoms with E-state index in [1.165, 1.54) is 12.1 Å². The summed E-state index contributed by atoms with van der Waals surface area (Å²) in [5.41, 5.74) is 0.886. The van der Waals surface area contributed by atoms with E-state index in [0.717, 1.165) is 5.69 Å². The van der Waals surface area contributed by atoms with Gasteiger partial charge in [0.15, 0.2) is 33.1 Å². The summed E-state index contributed by atoms with van der Waals surface area (Å²) in [6.45, 7) is 0. The highest BCUT2D eigenvalue weighted by Crippen LogP contribution is 2.29. The van der Waals surface area contributed by atoms with E-state index >= 15 is 0 Å². The van der Waals surface area contributed by atoms with E-state index in [4.69, 9.17) is 0 Å². The van der Waals surface area contributed by atoms with E-state index in [2.05, 4.69) is 0 Å². The third kappa shape index (κ3) is 3.21. The molecule has 0 N–H and O–H groups in total. The molecule has 0 fully saturated rings. The minimum absolute atomic E-state index is 0.143. The van der Waals surface area contributed by atoms with E-state index in [1.54, 1.807) is 31.1 Å². The highest BCUT2D eigenvalue weighted by molar-refractivity contribution is 7.90. The van der Waals surface area contributed by atoms with Crippen LogP contribution in [0.25, 0.3) is 0 Å². The fraction of sp³-hybridized carbons (Fsp3) is 0.200. The van der Waals surface area contributed by atoms with Gasteiger partial charge < -0.3 is 4.90 Å². The zero-order chi connectivity index (χ0) is 18.2. The van der Waals surface area contributed by atoms with Gasteiger partial charge in [0.2, 0.25) is 5.82 Å². The summed E-state index contributed by atoms with van der Waals surface area (Å²) in [7, 11) is -1.28. The number of hydrogen-bond donors (Lipinski definition) is 0. The largest absolute Gasteiger partial charge is 0.378 e. The van der Waals surface area contributed by atoms with Crippen LogP contribution in [0, 0.1) is 29.1 Å². The lowest BCUT2D eigenvalue weighted by Crippen LogP contribution is -2.15. The molecule has 0 saturated heterocycles. The third-order valence-corrected chi connectivity index (χ3v) is 4.98.